The van der Waals surface area contributed by atoms with Crippen LogP contribution in [0.3, 0.4) is 0 Å². The first kappa shape index (κ1) is 5.88. The van der Waals surface area contributed by atoms with Gasteiger partial charge >= 0.3 is 6.04 Å². The molecule has 0 spiro atoms. The Bertz CT molecular complexity index is 172. The summed E-state index contributed by atoms with van der Waals surface area (Å²) in [6.07, 6.45) is 8.20. The molecule has 1 rings (SSSR count). The van der Waals surface area contributed by atoms with Crippen molar-refractivity contribution in [2.75, 3.05) is 0 Å². The number of hydrogen-bond donors (Lipinski definition) is 0. The van der Waals surface area contributed by atoms with Crippen molar-refractivity contribution in [3.8, 4) is 0 Å². The van der Waals surface area contributed by atoms with Gasteiger partial charge in [0.1, 0.15) is 12.5 Å². The summed E-state index contributed by atoms with van der Waals surface area (Å²) < 4.78 is 0. The van der Waals surface area contributed by atoms with Crippen molar-refractivity contribution >= 4 is 0 Å². The first-order chi connectivity index (χ1) is 4.30. The number of nitrogens with zero attached hydrogens (tertiary/aromatic N) is 1. The smallest absolute Gasteiger partial charge is 0.262 e. The highest BCUT2D eigenvalue weighted by Crippen LogP contribution is 2.03. The Morgan fingerprint density at radius 3 is 2.67 bits per heavy atom. The van der Waals surface area contributed by atoms with E-state index in [1.54, 1.807) is 30.7 Å². The molecule has 46 valence electrons. The van der Waals surface area contributed by atoms with Gasteiger partial charge in [0.15, 0.2) is 0 Å². The Kier molecular flexibility index (Phi) is 1.53. The van der Waals surface area contributed by atoms with E-state index in [9.17, 15) is 10.1 Å². The molecule has 1 aliphatic rings. The van der Waals surface area contributed by atoms with Gasteiger partial charge in [-0.3, -0.25) is 10.1 Å². The van der Waals surface area contributed by atoms with Crippen LogP contribution in [0.5, 0.6) is 0 Å². The van der Waals surface area contributed by atoms with Gasteiger partial charge in [-0.1, -0.05) is 0 Å². The summed E-state index contributed by atoms with van der Waals surface area (Å²) in [6, 6.07) is -0.616. The molecular formula is C6H6NO2+. The van der Waals surface area contributed by atoms with Crippen LogP contribution < -0.4 is 0 Å². The molecule has 0 heterocycles. The minimum absolute atomic E-state index is 0.333. The lowest BCUT2D eigenvalue weighted by Crippen LogP contribution is -2.16. The molecule has 0 saturated heterocycles. The maximum absolute atomic E-state index is 10.0. The van der Waals surface area contributed by atoms with Gasteiger partial charge in [0.05, 0.1) is 11.0 Å². The highest BCUT2D eigenvalue weighted by molar-refractivity contribution is 5.19. The first-order valence-electron chi connectivity index (χ1n) is 2.62. The number of nitro groups is 1. The third-order valence-electron chi connectivity index (χ3n) is 1.08. The van der Waals surface area contributed by atoms with Crippen molar-refractivity contribution in [2.24, 2.45) is 0 Å². The van der Waals surface area contributed by atoms with E-state index in [2.05, 4.69) is 0 Å². The van der Waals surface area contributed by atoms with Gasteiger partial charge < -0.3 is 0 Å². The third-order valence-corrected chi connectivity index (χ3v) is 1.08. The van der Waals surface area contributed by atoms with E-state index in [4.69, 9.17) is 0 Å². The molecule has 0 fully saturated rings. The van der Waals surface area contributed by atoms with Gasteiger partial charge in [0.2, 0.25) is 0 Å². The van der Waals surface area contributed by atoms with E-state index in [0.717, 1.165) is 0 Å². The highest BCUT2D eigenvalue weighted by atomic mass is 16.6. The van der Waals surface area contributed by atoms with E-state index in [1.165, 1.54) is 0 Å². The van der Waals surface area contributed by atoms with Gasteiger partial charge in [-0.15, -0.1) is 0 Å². The van der Waals surface area contributed by atoms with Crippen LogP contribution in [0.1, 0.15) is 0 Å². The van der Waals surface area contributed by atoms with E-state index in [1.807, 2.05) is 0 Å². The van der Waals surface area contributed by atoms with Crippen LogP contribution >= 0.6 is 0 Å². The molecule has 0 aromatic rings. The Morgan fingerprint density at radius 2 is 2.33 bits per heavy atom. The fourth-order valence-electron chi connectivity index (χ4n) is 0.625. The molecule has 3 heteroatoms. The normalized spacial score (nSPS) is 23.3. The van der Waals surface area contributed by atoms with Crippen molar-refractivity contribution in [3.05, 3.63) is 40.8 Å². The predicted molar refractivity (Wildman–Crippen MR) is 33.4 cm³/mol. The lowest BCUT2D eigenvalue weighted by molar-refractivity contribution is -0.499. The number of rotatable bonds is 1. The molecule has 0 saturated carbocycles. The molecule has 1 unspecified atom stereocenters. The minimum atomic E-state index is -0.616. The maximum atomic E-state index is 10.0. The second-order valence-electron chi connectivity index (χ2n) is 1.74. The molecule has 1 aliphatic carbocycles. The average molecular weight is 124 g/mol. The summed E-state index contributed by atoms with van der Waals surface area (Å²) in [5, 5.41) is 10.0. The molecule has 1 atom stereocenters. The largest absolute Gasteiger partial charge is 0.310 e. The standard InChI is InChI=1S/C6H6NO2/c8-7(9)6-4-2-1-3-5-6/h1-6H/q+1. The van der Waals surface area contributed by atoms with Crippen molar-refractivity contribution < 1.29 is 4.92 Å². The van der Waals surface area contributed by atoms with Crippen LogP contribution in [0.15, 0.2) is 24.3 Å². The van der Waals surface area contributed by atoms with E-state index in [0.29, 0.717) is 0 Å². The average Bonchev–Trinajstić information content (AvgIpc) is 1.90. The monoisotopic (exact) mass is 124 g/mol. The van der Waals surface area contributed by atoms with Crippen molar-refractivity contribution in [1.29, 1.82) is 0 Å². The molecule has 3 nitrogen and oxygen atoms in total. The predicted octanol–water partition coefficient (Wildman–Crippen LogP) is 0.962. The minimum Gasteiger partial charge on any atom is -0.262 e. The summed E-state index contributed by atoms with van der Waals surface area (Å²) >= 11 is 0. The SMILES string of the molecule is O=[N+]([O-])C1C=CC=C[CH+]1. The van der Waals surface area contributed by atoms with Crippen molar-refractivity contribution in [2.45, 2.75) is 6.04 Å². The van der Waals surface area contributed by atoms with Crippen LogP contribution in [0.25, 0.3) is 0 Å². The molecule has 9 heavy (non-hydrogen) atoms. The fraction of sp³-hybridized carbons (Fsp3) is 0.167. The zero-order valence-corrected chi connectivity index (χ0v) is 4.73. The van der Waals surface area contributed by atoms with Crippen LogP contribution in [-0.4, -0.2) is 11.0 Å². The topological polar surface area (TPSA) is 43.1 Å². The second kappa shape index (κ2) is 2.35. The van der Waals surface area contributed by atoms with Crippen LogP contribution in [0, 0.1) is 16.5 Å². The van der Waals surface area contributed by atoms with Gasteiger partial charge in [0, 0.05) is 12.2 Å². The summed E-state index contributed by atoms with van der Waals surface area (Å²) in [6.45, 7) is 0. The Labute approximate surface area is 52.8 Å². The first-order valence-corrected chi connectivity index (χ1v) is 2.62. The third kappa shape index (κ3) is 1.32. The lowest BCUT2D eigenvalue weighted by atomic mass is 10.1. The van der Waals surface area contributed by atoms with Gasteiger partial charge in [0.25, 0.3) is 0 Å². The lowest BCUT2D eigenvalue weighted by Gasteiger charge is -1.95. The Hall–Kier alpha value is -1.25. The quantitative estimate of drug-likeness (QED) is 0.297. The molecule has 0 bridgehead atoms. The summed E-state index contributed by atoms with van der Waals surface area (Å²) in [7, 11) is 0. The van der Waals surface area contributed by atoms with E-state index < -0.39 is 6.04 Å². The highest BCUT2D eigenvalue weighted by Gasteiger charge is 2.21. The summed E-state index contributed by atoms with van der Waals surface area (Å²) in [5.74, 6) is 0. The molecular weight excluding hydrogens is 118 g/mol. The molecule has 0 aromatic heterocycles. The van der Waals surface area contributed by atoms with E-state index in [-0.39, 0.29) is 4.92 Å². The van der Waals surface area contributed by atoms with Crippen molar-refractivity contribution in [3.63, 3.8) is 0 Å². The molecule has 0 aliphatic heterocycles. The summed E-state index contributed by atoms with van der Waals surface area (Å²) in [5.41, 5.74) is 0. The number of hydrogen-bond acceptors (Lipinski definition) is 2. The second-order valence-corrected chi connectivity index (χ2v) is 1.74. The van der Waals surface area contributed by atoms with Crippen LogP contribution in [-0.2, 0) is 0 Å². The molecule has 0 radical (unpaired) electrons. The molecule has 0 N–H and O–H groups in total. The van der Waals surface area contributed by atoms with Gasteiger partial charge in [-0.2, -0.15) is 0 Å². The number of allylic oxidation sites excluding steroid dienone is 2. The van der Waals surface area contributed by atoms with Gasteiger partial charge in [-0.05, 0) is 0 Å². The van der Waals surface area contributed by atoms with Gasteiger partial charge in [-0.25, -0.2) is 0 Å². The zero-order valence-electron chi connectivity index (χ0n) is 4.73. The Balaban J connectivity index is 2.56. The van der Waals surface area contributed by atoms with Crippen LogP contribution in [0.4, 0.5) is 0 Å². The maximum Gasteiger partial charge on any atom is 0.310 e. The molecule has 0 amide bonds. The van der Waals surface area contributed by atoms with Crippen LogP contribution in [0.2, 0.25) is 0 Å². The Morgan fingerprint density at radius 1 is 1.56 bits per heavy atom. The van der Waals surface area contributed by atoms with E-state index >= 15 is 0 Å². The molecule has 0 aromatic carbocycles. The summed E-state index contributed by atoms with van der Waals surface area (Å²) in [4.78, 5) is 9.71. The zero-order chi connectivity index (χ0) is 6.69. The van der Waals surface area contributed by atoms with Crippen molar-refractivity contribution in [1.82, 2.24) is 0 Å². The fourth-order valence-corrected chi connectivity index (χ4v) is 0.625.